The maximum Gasteiger partial charge on any atom is 0.274 e. The summed E-state index contributed by atoms with van der Waals surface area (Å²) in [6.45, 7) is 1.67. The summed E-state index contributed by atoms with van der Waals surface area (Å²) in [4.78, 5) is 20.9. The van der Waals surface area contributed by atoms with E-state index in [1.165, 1.54) is 18.2 Å². The normalized spacial score (nSPS) is 10.5. The Morgan fingerprint density at radius 2 is 1.77 bits per heavy atom. The van der Waals surface area contributed by atoms with Crippen molar-refractivity contribution >= 4 is 46.3 Å². The Balaban J connectivity index is 1.83. The molecular formula is C18H13Cl2FN4O. The van der Waals surface area contributed by atoms with Gasteiger partial charge < -0.3 is 10.6 Å². The van der Waals surface area contributed by atoms with Crippen molar-refractivity contribution in [3.63, 3.8) is 0 Å². The smallest absolute Gasteiger partial charge is 0.274 e. The third-order valence-electron chi connectivity index (χ3n) is 3.36. The molecule has 0 radical (unpaired) electrons. The highest BCUT2D eigenvalue weighted by Gasteiger charge is 2.13. The third-order valence-corrected chi connectivity index (χ3v) is 3.93. The zero-order valence-electron chi connectivity index (χ0n) is 13.6. The zero-order valence-corrected chi connectivity index (χ0v) is 15.1. The van der Waals surface area contributed by atoms with Crippen LogP contribution in [0.1, 0.15) is 16.3 Å². The van der Waals surface area contributed by atoms with E-state index in [4.69, 9.17) is 23.2 Å². The Bertz CT molecular complexity index is 964. The number of halogens is 3. The van der Waals surface area contributed by atoms with Crippen LogP contribution >= 0.6 is 23.2 Å². The van der Waals surface area contributed by atoms with Gasteiger partial charge in [0.2, 0.25) is 0 Å². The average Bonchev–Trinajstić information content (AvgIpc) is 2.59. The van der Waals surface area contributed by atoms with Crippen LogP contribution in [0, 0.1) is 12.7 Å². The molecule has 0 saturated heterocycles. The van der Waals surface area contributed by atoms with Crippen LogP contribution in [0.5, 0.6) is 0 Å². The van der Waals surface area contributed by atoms with E-state index in [1.54, 1.807) is 37.3 Å². The molecule has 0 fully saturated rings. The van der Waals surface area contributed by atoms with Crippen molar-refractivity contribution < 1.29 is 9.18 Å². The van der Waals surface area contributed by atoms with Crippen molar-refractivity contribution in [2.45, 2.75) is 6.92 Å². The SMILES string of the molecule is Cc1nc(Nc2ccc(F)cc2)cc(C(=O)Nc2cc(Cl)ccc2Cl)n1. The van der Waals surface area contributed by atoms with Crippen LogP contribution in [0.25, 0.3) is 0 Å². The van der Waals surface area contributed by atoms with Crippen molar-refractivity contribution in [1.29, 1.82) is 0 Å². The van der Waals surface area contributed by atoms with E-state index in [-0.39, 0.29) is 11.5 Å². The molecule has 0 aliphatic rings. The van der Waals surface area contributed by atoms with Crippen LogP contribution in [0.4, 0.5) is 21.6 Å². The fraction of sp³-hybridized carbons (Fsp3) is 0.0556. The van der Waals surface area contributed by atoms with E-state index in [9.17, 15) is 9.18 Å². The topological polar surface area (TPSA) is 66.9 Å². The van der Waals surface area contributed by atoms with E-state index in [0.717, 1.165) is 0 Å². The third kappa shape index (κ3) is 4.47. The van der Waals surface area contributed by atoms with Gasteiger partial charge in [-0.2, -0.15) is 0 Å². The summed E-state index contributed by atoms with van der Waals surface area (Å²) >= 11 is 12.0. The number of aryl methyl sites for hydroxylation is 1. The molecular weight excluding hydrogens is 378 g/mol. The first-order valence-corrected chi connectivity index (χ1v) is 8.31. The maximum absolute atomic E-state index is 13.0. The number of hydrogen-bond donors (Lipinski definition) is 2. The number of carbonyl (C=O) groups is 1. The Morgan fingerprint density at radius 3 is 2.50 bits per heavy atom. The second kappa shape index (κ2) is 7.68. The number of nitrogens with zero attached hydrogens (tertiary/aromatic N) is 2. The maximum atomic E-state index is 13.0. The highest BCUT2D eigenvalue weighted by molar-refractivity contribution is 6.35. The zero-order chi connectivity index (χ0) is 18.7. The number of anilines is 3. The predicted molar refractivity (Wildman–Crippen MR) is 101 cm³/mol. The van der Waals surface area contributed by atoms with Crippen molar-refractivity contribution in [1.82, 2.24) is 9.97 Å². The predicted octanol–water partition coefficient (Wildman–Crippen LogP) is 5.23. The molecule has 0 atom stereocenters. The number of nitrogens with one attached hydrogen (secondary N) is 2. The van der Waals surface area contributed by atoms with Gasteiger partial charge >= 0.3 is 0 Å². The number of amides is 1. The lowest BCUT2D eigenvalue weighted by molar-refractivity contribution is 0.102. The molecule has 0 unspecified atom stereocenters. The minimum absolute atomic E-state index is 0.151. The number of hydrogen-bond acceptors (Lipinski definition) is 4. The lowest BCUT2D eigenvalue weighted by Gasteiger charge is -2.10. The van der Waals surface area contributed by atoms with Crippen molar-refractivity contribution in [2.24, 2.45) is 0 Å². The van der Waals surface area contributed by atoms with Crippen molar-refractivity contribution in [3.05, 3.63) is 75.9 Å². The van der Waals surface area contributed by atoms with Crippen LogP contribution in [-0.2, 0) is 0 Å². The van der Waals surface area contributed by atoms with Crippen LogP contribution in [0.2, 0.25) is 10.0 Å². The Labute approximate surface area is 159 Å². The molecule has 0 saturated carbocycles. The number of rotatable bonds is 4. The minimum atomic E-state index is -0.457. The lowest BCUT2D eigenvalue weighted by Crippen LogP contribution is -2.15. The standard InChI is InChI=1S/C18H13Cl2FN4O/c1-10-22-16(18(26)25-15-8-11(19)2-7-14(15)20)9-17(23-10)24-13-5-3-12(21)4-6-13/h2-9H,1H3,(H,25,26)(H,22,23,24). The number of carbonyl (C=O) groups excluding carboxylic acids is 1. The summed E-state index contributed by atoms with van der Waals surface area (Å²) in [6, 6.07) is 12.0. The molecule has 3 rings (SSSR count). The first kappa shape index (κ1) is 18.1. The Hall–Kier alpha value is -2.70. The lowest BCUT2D eigenvalue weighted by atomic mass is 10.2. The fourth-order valence-corrected chi connectivity index (χ4v) is 2.55. The van der Waals surface area contributed by atoms with E-state index in [0.29, 0.717) is 33.1 Å². The molecule has 132 valence electrons. The first-order valence-electron chi connectivity index (χ1n) is 7.55. The number of aromatic nitrogens is 2. The van der Waals surface area contributed by atoms with E-state index in [1.807, 2.05) is 0 Å². The molecule has 0 aliphatic carbocycles. The molecule has 3 aromatic rings. The molecule has 2 aromatic carbocycles. The van der Waals surface area contributed by atoms with Gasteiger partial charge in [0.05, 0.1) is 10.7 Å². The molecule has 0 bridgehead atoms. The molecule has 5 nitrogen and oxygen atoms in total. The second-order valence-corrected chi connectivity index (χ2v) is 6.24. The van der Waals surface area contributed by atoms with Gasteiger partial charge in [-0.15, -0.1) is 0 Å². The molecule has 2 N–H and O–H groups in total. The van der Waals surface area contributed by atoms with Gasteiger partial charge in [-0.3, -0.25) is 4.79 Å². The van der Waals surface area contributed by atoms with Crippen molar-refractivity contribution in [3.8, 4) is 0 Å². The van der Waals surface area contributed by atoms with Gasteiger partial charge in [-0.1, -0.05) is 23.2 Å². The van der Waals surface area contributed by atoms with Gasteiger partial charge in [0.25, 0.3) is 5.91 Å². The summed E-state index contributed by atoms with van der Waals surface area (Å²) in [5.74, 6) is 0.0145. The van der Waals surface area contributed by atoms with Gasteiger partial charge in [-0.05, 0) is 49.4 Å². The average molecular weight is 391 g/mol. The monoisotopic (exact) mass is 390 g/mol. The van der Waals surface area contributed by atoms with Crippen molar-refractivity contribution in [2.75, 3.05) is 10.6 Å². The highest BCUT2D eigenvalue weighted by atomic mass is 35.5. The summed E-state index contributed by atoms with van der Waals surface area (Å²) in [7, 11) is 0. The van der Waals surface area contributed by atoms with E-state index >= 15 is 0 Å². The molecule has 26 heavy (non-hydrogen) atoms. The van der Waals surface area contributed by atoms with Gasteiger partial charge in [0.1, 0.15) is 23.2 Å². The van der Waals surface area contributed by atoms with E-state index < -0.39 is 5.91 Å². The van der Waals surface area contributed by atoms with E-state index in [2.05, 4.69) is 20.6 Å². The van der Waals surface area contributed by atoms with Crippen LogP contribution in [0.15, 0.2) is 48.5 Å². The summed E-state index contributed by atoms with van der Waals surface area (Å²) in [6.07, 6.45) is 0. The Morgan fingerprint density at radius 1 is 1.04 bits per heavy atom. The first-order chi connectivity index (χ1) is 12.4. The fourth-order valence-electron chi connectivity index (χ4n) is 2.21. The molecule has 1 amide bonds. The second-order valence-electron chi connectivity index (χ2n) is 5.40. The summed E-state index contributed by atoms with van der Waals surface area (Å²) < 4.78 is 13.0. The molecule has 0 aliphatic heterocycles. The summed E-state index contributed by atoms with van der Waals surface area (Å²) in [5.41, 5.74) is 1.17. The van der Waals surface area contributed by atoms with Gasteiger partial charge in [0, 0.05) is 16.8 Å². The van der Waals surface area contributed by atoms with Gasteiger partial charge in [0.15, 0.2) is 0 Å². The quantitative estimate of drug-likeness (QED) is 0.640. The molecule has 1 heterocycles. The largest absolute Gasteiger partial charge is 0.340 e. The summed E-state index contributed by atoms with van der Waals surface area (Å²) in [5, 5.41) is 6.48. The molecule has 0 spiro atoms. The minimum Gasteiger partial charge on any atom is -0.340 e. The molecule has 8 heteroatoms. The molecule has 1 aromatic heterocycles. The van der Waals surface area contributed by atoms with Crippen LogP contribution < -0.4 is 10.6 Å². The highest BCUT2D eigenvalue weighted by Crippen LogP contribution is 2.26. The number of benzene rings is 2. The van der Waals surface area contributed by atoms with Gasteiger partial charge in [-0.25, -0.2) is 14.4 Å². The van der Waals surface area contributed by atoms with Crippen LogP contribution in [-0.4, -0.2) is 15.9 Å². The Kier molecular flexibility index (Phi) is 5.35. The van der Waals surface area contributed by atoms with Crippen LogP contribution in [0.3, 0.4) is 0 Å².